The summed E-state index contributed by atoms with van der Waals surface area (Å²) in [6, 6.07) is 10.0. The second-order valence-corrected chi connectivity index (χ2v) is 5.46. The molecule has 1 N–H and O–H groups in total. The fourth-order valence-corrected chi connectivity index (χ4v) is 2.37. The lowest BCUT2D eigenvalue weighted by Gasteiger charge is -2.12. The number of amides is 1. The summed E-state index contributed by atoms with van der Waals surface area (Å²) in [6.45, 7) is 3.77. The number of nitrogens with zero attached hydrogens (tertiary/aromatic N) is 3. The molecular formula is C17H17FN4O. The van der Waals surface area contributed by atoms with Crippen molar-refractivity contribution >= 4 is 5.91 Å². The van der Waals surface area contributed by atoms with E-state index in [9.17, 15) is 9.18 Å². The number of hydrogen-bond donors (Lipinski definition) is 1. The van der Waals surface area contributed by atoms with Crippen molar-refractivity contribution < 1.29 is 9.18 Å². The summed E-state index contributed by atoms with van der Waals surface area (Å²) in [4.78, 5) is 12.4. The van der Waals surface area contributed by atoms with Crippen LogP contribution in [0, 0.1) is 5.82 Å². The minimum Gasteiger partial charge on any atom is -0.350 e. The van der Waals surface area contributed by atoms with Gasteiger partial charge in [0.15, 0.2) is 5.82 Å². The number of halogens is 1. The molecule has 0 fully saturated rings. The Morgan fingerprint density at radius 1 is 1.17 bits per heavy atom. The molecule has 2 aromatic heterocycles. The van der Waals surface area contributed by atoms with Crippen molar-refractivity contribution in [3.8, 4) is 11.5 Å². The Morgan fingerprint density at radius 2 is 1.87 bits per heavy atom. The third-order valence-electron chi connectivity index (χ3n) is 3.34. The summed E-state index contributed by atoms with van der Waals surface area (Å²) in [6.07, 6.45) is 5.04. The van der Waals surface area contributed by atoms with Crippen LogP contribution in [0.15, 0.2) is 55.0 Å². The van der Waals surface area contributed by atoms with Gasteiger partial charge < -0.3 is 9.88 Å². The van der Waals surface area contributed by atoms with Crippen LogP contribution in [0.1, 0.15) is 24.2 Å². The molecule has 0 unspecified atom stereocenters. The summed E-state index contributed by atoms with van der Waals surface area (Å²) in [5, 5.41) is 7.07. The lowest BCUT2D eigenvalue weighted by Crippen LogP contribution is -2.30. The van der Waals surface area contributed by atoms with Crippen molar-refractivity contribution in [2.45, 2.75) is 19.9 Å². The van der Waals surface area contributed by atoms with Crippen molar-refractivity contribution in [3.63, 3.8) is 0 Å². The van der Waals surface area contributed by atoms with Crippen LogP contribution in [0.25, 0.3) is 11.5 Å². The minimum absolute atomic E-state index is 0.00294. The third-order valence-corrected chi connectivity index (χ3v) is 3.34. The molecule has 0 aliphatic carbocycles. The molecule has 1 amide bonds. The number of hydrogen-bond acceptors (Lipinski definition) is 2. The number of rotatable bonds is 4. The van der Waals surface area contributed by atoms with E-state index in [1.165, 1.54) is 16.9 Å². The van der Waals surface area contributed by atoms with Crippen molar-refractivity contribution in [2.24, 2.45) is 0 Å². The first-order valence-electron chi connectivity index (χ1n) is 7.35. The first-order valence-corrected chi connectivity index (χ1v) is 7.35. The Balaban J connectivity index is 2.17. The Kier molecular flexibility index (Phi) is 3.97. The summed E-state index contributed by atoms with van der Waals surface area (Å²) < 4.78 is 17.3. The van der Waals surface area contributed by atoms with Gasteiger partial charge in [-0.05, 0) is 38.1 Å². The number of benzene rings is 1. The summed E-state index contributed by atoms with van der Waals surface area (Å²) >= 11 is 0. The molecule has 0 spiro atoms. The van der Waals surface area contributed by atoms with Gasteiger partial charge in [-0.3, -0.25) is 4.79 Å². The van der Waals surface area contributed by atoms with Gasteiger partial charge in [0.05, 0.1) is 6.20 Å². The average molecular weight is 312 g/mol. The highest BCUT2D eigenvalue weighted by molar-refractivity contribution is 5.97. The Bertz CT molecular complexity index is 821. The average Bonchev–Trinajstić information content (AvgIpc) is 3.15. The van der Waals surface area contributed by atoms with Gasteiger partial charge in [-0.2, -0.15) is 5.10 Å². The van der Waals surface area contributed by atoms with Crippen molar-refractivity contribution in [2.75, 3.05) is 0 Å². The maximum absolute atomic E-state index is 14.1. The molecule has 5 nitrogen and oxygen atoms in total. The minimum atomic E-state index is -0.403. The van der Waals surface area contributed by atoms with E-state index in [0.29, 0.717) is 17.1 Å². The van der Waals surface area contributed by atoms with Crippen molar-refractivity contribution in [1.82, 2.24) is 19.7 Å². The topological polar surface area (TPSA) is 51.9 Å². The van der Waals surface area contributed by atoms with E-state index in [2.05, 4.69) is 10.4 Å². The number of para-hydroxylation sites is 1. The van der Waals surface area contributed by atoms with E-state index in [1.54, 1.807) is 35.2 Å². The zero-order valence-corrected chi connectivity index (χ0v) is 12.9. The van der Waals surface area contributed by atoms with E-state index in [-0.39, 0.29) is 11.9 Å². The van der Waals surface area contributed by atoms with Gasteiger partial charge in [-0.25, -0.2) is 9.07 Å². The van der Waals surface area contributed by atoms with Gasteiger partial charge in [0.1, 0.15) is 17.1 Å². The van der Waals surface area contributed by atoms with Crippen LogP contribution < -0.4 is 5.32 Å². The van der Waals surface area contributed by atoms with E-state index in [0.717, 1.165) is 0 Å². The molecule has 0 saturated carbocycles. The Morgan fingerprint density at radius 3 is 2.52 bits per heavy atom. The van der Waals surface area contributed by atoms with Crippen molar-refractivity contribution in [3.05, 3.63) is 66.4 Å². The molecule has 1 aromatic carbocycles. The first-order chi connectivity index (χ1) is 11.1. The van der Waals surface area contributed by atoms with E-state index >= 15 is 0 Å². The number of carbonyl (C=O) groups is 1. The molecule has 2 heterocycles. The van der Waals surface area contributed by atoms with Crippen LogP contribution in [0.3, 0.4) is 0 Å². The standard InChI is InChI=1S/C17H17FN4O/c1-12(2)20-16(23)13-11-19-22(15-8-4-3-7-14(15)18)17(13)21-9-5-6-10-21/h3-12H,1-2H3,(H,20,23). The van der Waals surface area contributed by atoms with E-state index < -0.39 is 5.82 Å². The van der Waals surface area contributed by atoms with Gasteiger partial charge in [0.2, 0.25) is 0 Å². The van der Waals surface area contributed by atoms with Crippen LogP contribution in [0.4, 0.5) is 4.39 Å². The van der Waals surface area contributed by atoms with E-state index in [1.807, 2.05) is 26.0 Å². The third kappa shape index (κ3) is 2.88. The van der Waals surface area contributed by atoms with Gasteiger partial charge >= 0.3 is 0 Å². The monoisotopic (exact) mass is 312 g/mol. The Hall–Kier alpha value is -2.89. The second kappa shape index (κ2) is 6.08. The molecule has 23 heavy (non-hydrogen) atoms. The maximum atomic E-state index is 14.1. The number of nitrogens with one attached hydrogen (secondary N) is 1. The van der Waals surface area contributed by atoms with Crippen molar-refractivity contribution in [1.29, 1.82) is 0 Å². The predicted octanol–water partition coefficient (Wildman–Crippen LogP) is 2.94. The highest BCUT2D eigenvalue weighted by Crippen LogP contribution is 2.21. The van der Waals surface area contributed by atoms with Gasteiger partial charge in [-0.1, -0.05) is 12.1 Å². The highest BCUT2D eigenvalue weighted by atomic mass is 19.1. The van der Waals surface area contributed by atoms with Crippen LogP contribution >= 0.6 is 0 Å². The fourth-order valence-electron chi connectivity index (χ4n) is 2.37. The van der Waals surface area contributed by atoms with Gasteiger partial charge in [0, 0.05) is 18.4 Å². The molecule has 0 aliphatic rings. The zero-order chi connectivity index (χ0) is 16.4. The van der Waals surface area contributed by atoms with Crippen LogP contribution in [-0.2, 0) is 0 Å². The predicted molar refractivity (Wildman–Crippen MR) is 85.5 cm³/mol. The van der Waals surface area contributed by atoms with Gasteiger partial charge in [0.25, 0.3) is 5.91 Å². The zero-order valence-electron chi connectivity index (χ0n) is 12.9. The molecule has 118 valence electrons. The molecule has 3 aromatic rings. The molecule has 0 atom stereocenters. The maximum Gasteiger partial charge on any atom is 0.256 e. The molecule has 0 bridgehead atoms. The molecule has 0 aliphatic heterocycles. The second-order valence-electron chi connectivity index (χ2n) is 5.46. The smallest absolute Gasteiger partial charge is 0.256 e. The number of aromatic nitrogens is 3. The number of carbonyl (C=O) groups excluding carboxylic acids is 1. The Labute approximate surface area is 133 Å². The normalized spacial score (nSPS) is 11.0. The molecule has 6 heteroatoms. The SMILES string of the molecule is CC(C)NC(=O)c1cnn(-c2ccccc2F)c1-n1cccc1. The summed E-state index contributed by atoms with van der Waals surface area (Å²) in [7, 11) is 0. The van der Waals surface area contributed by atoms with Gasteiger partial charge in [-0.15, -0.1) is 0 Å². The quantitative estimate of drug-likeness (QED) is 0.805. The molecular weight excluding hydrogens is 295 g/mol. The highest BCUT2D eigenvalue weighted by Gasteiger charge is 2.21. The van der Waals surface area contributed by atoms with Crippen LogP contribution in [-0.4, -0.2) is 26.3 Å². The lowest BCUT2D eigenvalue weighted by molar-refractivity contribution is 0.0943. The first kappa shape index (κ1) is 15.0. The van der Waals surface area contributed by atoms with Crippen LogP contribution in [0.5, 0.6) is 0 Å². The van der Waals surface area contributed by atoms with E-state index in [4.69, 9.17) is 0 Å². The largest absolute Gasteiger partial charge is 0.350 e. The molecule has 0 saturated heterocycles. The fraction of sp³-hybridized carbons (Fsp3) is 0.176. The molecule has 3 rings (SSSR count). The summed E-state index contributed by atoms with van der Waals surface area (Å²) in [5.41, 5.74) is 0.679. The lowest BCUT2D eigenvalue weighted by atomic mass is 10.2. The molecule has 0 radical (unpaired) electrons. The summed E-state index contributed by atoms with van der Waals surface area (Å²) in [5.74, 6) is -0.149. The van der Waals surface area contributed by atoms with Crippen LogP contribution in [0.2, 0.25) is 0 Å².